The van der Waals surface area contributed by atoms with Gasteiger partial charge >= 0.3 is 0 Å². The van der Waals surface area contributed by atoms with Gasteiger partial charge in [0.2, 0.25) is 5.91 Å². The van der Waals surface area contributed by atoms with Gasteiger partial charge in [-0.1, -0.05) is 41.9 Å². The Hall–Kier alpha value is -1.84. The van der Waals surface area contributed by atoms with E-state index in [2.05, 4.69) is 41.4 Å². The minimum Gasteiger partial charge on any atom is -0.326 e. The summed E-state index contributed by atoms with van der Waals surface area (Å²) in [6.07, 6.45) is 1.80. The lowest BCUT2D eigenvalue weighted by Crippen LogP contribution is -2.37. The van der Waals surface area contributed by atoms with Crippen LogP contribution >= 0.6 is 11.6 Å². The molecule has 1 aliphatic rings. The highest BCUT2D eigenvalue weighted by molar-refractivity contribution is 6.30. The van der Waals surface area contributed by atoms with Gasteiger partial charge in [-0.2, -0.15) is 0 Å². The number of likely N-dealkylation sites (tertiary alicyclic amines) is 1. The molecular weight excluding hydrogens is 320 g/mol. The molecule has 0 saturated carbocycles. The molecule has 2 aromatic rings. The average Bonchev–Trinajstić information content (AvgIpc) is 2.57. The van der Waals surface area contributed by atoms with E-state index >= 15 is 0 Å². The van der Waals surface area contributed by atoms with Crippen LogP contribution in [0.2, 0.25) is 5.02 Å². The molecule has 2 aromatic carbocycles. The Kier molecular flexibility index (Phi) is 5.54. The molecule has 1 amide bonds. The van der Waals surface area contributed by atoms with Crippen molar-refractivity contribution in [2.45, 2.75) is 26.3 Å². The van der Waals surface area contributed by atoms with Crippen LogP contribution in [0, 0.1) is 12.8 Å². The molecule has 1 fully saturated rings. The zero-order chi connectivity index (χ0) is 16.9. The third kappa shape index (κ3) is 4.37. The molecule has 0 aliphatic carbocycles. The zero-order valence-corrected chi connectivity index (χ0v) is 14.7. The largest absolute Gasteiger partial charge is 0.326 e. The Balaban J connectivity index is 1.51. The predicted molar refractivity (Wildman–Crippen MR) is 99.3 cm³/mol. The van der Waals surface area contributed by atoms with E-state index in [1.807, 2.05) is 12.1 Å². The van der Waals surface area contributed by atoms with E-state index in [1.165, 1.54) is 11.1 Å². The lowest BCUT2D eigenvalue weighted by atomic mass is 9.95. The number of anilines is 1. The summed E-state index contributed by atoms with van der Waals surface area (Å²) in [7, 11) is 0. The van der Waals surface area contributed by atoms with Crippen molar-refractivity contribution >= 4 is 23.2 Å². The van der Waals surface area contributed by atoms with Gasteiger partial charge in [0.05, 0.1) is 0 Å². The second kappa shape index (κ2) is 7.82. The van der Waals surface area contributed by atoms with E-state index in [-0.39, 0.29) is 11.8 Å². The Labute approximate surface area is 148 Å². The van der Waals surface area contributed by atoms with Crippen LogP contribution in [0.3, 0.4) is 0 Å². The molecule has 0 radical (unpaired) electrons. The van der Waals surface area contributed by atoms with Crippen molar-refractivity contribution < 1.29 is 4.79 Å². The number of carbonyl (C=O) groups is 1. The van der Waals surface area contributed by atoms with Gasteiger partial charge < -0.3 is 5.32 Å². The number of amides is 1. The first kappa shape index (κ1) is 17.0. The number of nitrogens with one attached hydrogen (secondary N) is 1. The minimum absolute atomic E-state index is 0.0806. The molecule has 0 aromatic heterocycles. The van der Waals surface area contributed by atoms with Gasteiger partial charge in [0.15, 0.2) is 0 Å². The second-order valence-electron chi connectivity index (χ2n) is 6.48. The quantitative estimate of drug-likeness (QED) is 0.887. The number of nitrogens with zero attached hydrogens (tertiary/aromatic N) is 1. The summed E-state index contributed by atoms with van der Waals surface area (Å²) >= 11 is 5.96. The van der Waals surface area contributed by atoms with Gasteiger partial charge in [-0.3, -0.25) is 9.69 Å². The highest BCUT2D eigenvalue weighted by atomic mass is 35.5. The van der Waals surface area contributed by atoms with Crippen molar-refractivity contribution in [2.75, 3.05) is 18.4 Å². The van der Waals surface area contributed by atoms with Gasteiger partial charge in [-0.25, -0.2) is 0 Å². The monoisotopic (exact) mass is 342 g/mol. The lowest BCUT2D eigenvalue weighted by molar-refractivity contribution is -0.121. The Bertz CT molecular complexity index is 708. The number of carbonyl (C=O) groups excluding carboxylic acids is 1. The number of rotatable bonds is 4. The van der Waals surface area contributed by atoms with Crippen molar-refractivity contribution in [3.63, 3.8) is 0 Å². The van der Waals surface area contributed by atoms with Gasteiger partial charge in [-0.05, 0) is 62.2 Å². The molecule has 3 nitrogen and oxygen atoms in total. The first-order chi connectivity index (χ1) is 11.6. The first-order valence-electron chi connectivity index (χ1n) is 8.45. The normalized spacial score (nSPS) is 16.1. The standard InChI is InChI=1S/C20H23ClN2O/c1-15-5-2-3-6-17(15)14-23-11-9-16(10-12-23)20(24)22-19-8-4-7-18(21)13-19/h2-8,13,16H,9-12,14H2,1H3,(H,22,24). The maximum absolute atomic E-state index is 12.4. The number of hydrogen-bond donors (Lipinski definition) is 1. The van der Waals surface area contributed by atoms with Crippen LogP contribution in [-0.4, -0.2) is 23.9 Å². The molecule has 1 saturated heterocycles. The summed E-state index contributed by atoms with van der Waals surface area (Å²) in [4.78, 5) is 14.9. The molecule has 1 N–H and O–H groups in total. The maximum atomic E-state index is 12.4. The van der Waals surface area contributed by atoms with Gasteiger partial charge in [-0.15, -0.1) is 0 Å². The maximum Gasteiger partial charge on any atom is 0.227 e. The smallest absolute Gasteiger partial charge is 0.227 e. The van der Waals surface area contributed by atoms with Crippen LogP contribution in [-0.2, 0) is 11.3 Å². The van der Waals surface area contributed by atoms with E-state index in [1.54, 1.807) is 12.1 Å². The molecule has 1 aliphatic heterocycles. The van der Waals surface area contributed by atoms with Crippen LogP contribution in [0.25, 0.3) is 0 Å². The van der Waals surface area contributed by atoms with Crippen molar-refractivity contribution in [2.24, 2.45) is 5.92 Å². The molecule has 0 bridgehead atoms. The lowest BCUT2D eigenvalue weighted by Gasteiger charge is -2.31. The minimum atomic E-state index is 0.0806. The summed E-state index contributed by atoms with van der Waals surface area (Å²) in [6, 6.07) is 15.8. The fraction of sp³-hybridized carbons (Fsp3) is 0.350. The number of halogens is 1. The molecule has 126 valence electrons. The fourth-order valence-corrected chi connectivity index (χ4v) is 3.38. The molecule has 0 atom stereocenters. The van der Waals surface area contributed by atoms with E-state index < -0.39 is 0 Å². The Morgan fingerprint density at radius 3 is 2.62 bits per heavy atom. The number of aryl methyl sites for hydroxylation is 1. The highest BCUT2D eigenvalue weighted by Crippen LogP contribution is 2.22. The van der Waals surface area contributed by atoms with Crippen LogP contribution in [0.4, 0.5) is 5.69 Å². The van der Waals surface area contributed by atoms with Crippen LogP contribution < -0.4 is 5.32 Å². The van der Waals surface area contributed by atoms with Crippen molar-refractivity contribution in [3.8, 4) is 0 Å². The Morgan fingerprint density at radius 2 is 1.92 bits per heavy atom. The van der Waals surface area contributed by atoms with Crippen LogP contribution in [0.1, 0.15) is 24.0 Å². The molecule has 1 heterocycles. The summed E-state index contributed by atoms with van der Waals surface area (Å²) in [6.45, 7) is 5.04. The molecule has 0 spiro atoms. The zero-order valence-electron chi connectivity index (χ0n) is 14.0. The first-order valence-corrected chi connectivity index (χ1v) is 8.83. The molecule has 24 heavy (non-hydrogen) atoms. The number of piperidine rings is 1. The van der Waals surface area contributed by atoms with E-state index in [4.69, 9.17) is 11.6 Å². The van der Waals surface area contributed by atoms with Crippen molar-refractivity contribution in [1.82, 2.24) is 4.90 Å². The average molecular weight is 343 g/mol. The molecule has 3 rings (SSSR count). The van der Waals surface area contributed by atoms with Gasteiger partial charge in [0.1, 0.15) is 0 Å². The highest BCUT2D eigenvalue weighted by Gasteiger charge is 2.25. The second-order valence-corrected chi connectivity index (χ2v) is 6.91. The summed E-state index contributed by atoms with van der Waals surface area (Å²) in [5.41, 5.74) is 3.48. The Morgan fingerprint density at radius 1 is 1.17 bits per heavy atom. The number of hydrogen-bond acceptors (Lipinski definition) is 2. The van der Waals surface area contributed by atoms with Crippen LogP contribution in [0.15, 0.2) is 48.5 Å². The van der Waals surface area contributed by atoms with Crippen molar-refractivity contribution in [1.29, 1.82) is 0 Å². The molecule has 0 unspecified atom stereocenters. The third-order valence-electron chi connectivity index (χ3n) is 4.71. The molecule has 4 heteroatoms. The summed E-state index contributed by atoms with van der Waals surface area (Å²) < 4.78 is 0. The predicted octanol–water partition coefficient (Wildman–Crippen LogP) is 4.50. The van der Waals surface area contributed by atoms with E-state index in [0.717, 1.165) is 38.2 Å². The van der Waals surface area contributed by atoms with E-state index in [9.17, 15) is 4.79 Å². The number of benzene rings is 2. The summed E-state index contributed by atoms with van der Waals surface area (Å²) in [5, 5.41) is 3.62. The SMILES string of the molecule is Cc1ccccc1CN1CCC(C(=O)Nc2cccc(Cl)c2)CC1. The van der Waals surface area contributed by atoms with Crippen LogP contribution in [0.5, 0.6) is 0 Å². The fourth-order valence-electron chi connectivity index (χ4n) is 3.19. The topological polar surface area (TPSA) is 32.3 Å². The van der Waals surface area contributed by atoms with Gasteiger partial charge in [0.25, 0.3) is 0 Å². The van der Waals surface area contributed by atoms with Gasteiger partial charge in [0, 0.05) is 23.2 Å². The summed E-state index contributed by atoms with van der Waals surface area (Å²) in [5.74, 6) is 0.185. The van der Waals surface area contributed by atoms with Crippen molar-refractivity contribution in [3.05, 3.63) is 64.7 Å². The molecular formula is C20H23ClN2O. The van der Waals surface area contributed by atoms with E-state index in [0.29, 0.717) is 5.02 Å². The third-order valence-corrected chi connectivity index (χ3v) is 4.94.